The minimum Gasteiger partial charge on any atom is -0.306 e. The highest BCUT2D eigenvalue weighted by Gasteiger charge is 2.26. The lowest BCUT2D eigenvalue weighted by Gasteiger charge is -2.17. The van der Waals surface area contributed by atoms with Gasteiger partial charge in [0.25, 0.3) is 0 Å². The van der Waals surface area contributed by atoms with Crippen LogP contribution < -0.4 is 10.9 Å². The Bertz CT molecular complexity index is 700. The Hall–Kier alpha value is -2.56. The Morgan fingerprint density at radius 2 is 2.16 bits per heavy atom. The molecule has 0 saturated heterocycles. The van der Waals surface area contributed by atoms with Crippen molar-refractivity contribution in [2.45, 2.75) is 12.8 Å². The van der Waals surface area contributed by atoms with E-state index < -0.39 is 0 Å². The second-order valence-corrected chi connectivity index (χ2v) is 4.82. The van der Waals surface area contributed by atoms with Gasteiger partial charge in [-0.05, 0) is 29.7 Å². The number of aromatic nitrogens is 2. The van der Waals surface area contributed by atoms with E-state index in [2.05, 4.69) is 34.0 Å². The van der Waals surface area contributed by atoms with Crippen LogP contribution in [0.3, 0.4) is 0 Å². The molecule has 5 nitrogen and oxygen atoms in total. The van der Waals surface area contributed by atoms with Gasteiger partial charge in [-0.2, -0.15) is 0 Å². The maximum absolute atomic E-state index is 11.4. The molecule has 0 fully saturated rings. The lowest BCUT2D eigenvalue weighted by molar-refractivity contribution is -0.121. The van der Waals surface area contributed by atoms with E-state index in [0.29, 0.717) is 6.42 Å². The quantitative estimate of drug-likeness (QED) is 0.800. The van der Waals surface area contributed by atoms with Gasteiger partial charge in [-0.15, -0.1) is 0 Å². The van der Waals surface area contributed by atoms with Gasteiger partial charge in [-0.1, -0.05) is 6.07 Å². The molecule has 1 aliphatic carbocycles. The van der Waals surface area contributed by atoms with E-state index in [1.54, 1.807) is 12.5 Å². The average molecular weight is 252 g/mol. The molecule has 5 heteroatoms. The predicted molar refractivity (Wildman–Crippen MR) is 70.1 cm³/mol. The molecule has 0 atom stereocenters. The van der Waals surface area contributed by atoms with Crippen LogP contribution in [0.1, 0.15) is 17.5 Å². The Morgan fingerprint density at radius 3 is 3.00 bits per heavy atom. The van der Waals surface area contributed by atoms with E-state index in [-0.39, 0.29) is 5.91 Å². The number of carbonyl (C=O) groups is 1. The number of benzene rings is 1. The van der Waals surface area contributed by atoms with Gasteiger partial charge in [0.1, 0.15) is 0 Å². The minimum atomic E-state index is 0.0291. The molecule has 1 amide bonds. The van der Waals surface area contributed by atoms with E-state index in [1.807, 2.05) is 10.8 Å². The monoisotopic (exact) mass is 252 g/mol. The molecule has 1 aromatic heterocycles. The highest BCUT2D eigenvalue weighted by Crippen LogP contribution is 2.34. The number of carbonyl (C=O) groups excluding carboxylic acids is 1. The molecule has 2 aromatic rings. The highest BCUT2D eigenvalue weighted by molar-refractivity contribution is 5.89. The van der Waals surface area contributed by atoms with Crippen LogP contribution in [0.25, 0.3) is 11.4 Å². The second-order valence-electron chi connectivity index (χ2n) is 4.82. The third kappa shape index (κ3) is 1.55. The standard InChI is InChI=1S/C14H12N4O/c19-13-7-10-5-9-6-11(18-4-3-15-8-18)1-2-12(9)14(10)17-16-13/h1-4,6,8,17H,5,7H2,(H,16,19). The first-order chi connectivity index (χ1) is 9.31. The molecule has 2 N–H and O–H groups in total. The Kier molecular flexibility index (Phi) is 2.03. The van der Waals surface area contributed by atoms with Crippen molar-refractivity contribution in [1.29, 1.82) is 0 Å². The summed E-state index contributed by atoms with van der Waals surface area (Å²) in [6.45, 7) is 0. The first-order valence-corrected chi connectivity index (χ1v) is 6.20. The van der Waals surface area contributed by atoms with E-state index in [9.17, 15) is 4.79 Å². The number of hydrazine groups is 1. The summed E-state index contributed by atoms with van der Waals surface area (Å²) in [6.07, 6.45) is 6.80. The number of amides is 1. The highest BCUT2D eigenvalue weighted by atomic mass is 16.2. The molecule has 0 unspecified atom stereocenters. The molecule has 1 aliphatic heterocycles. The van der Waals surface area contributed by atoms with Crippen molar-refractivity contribution < 1.29 is 4.79 Å². The lowest BCUT2D eigenvalue weighted by Crippen LogP contribution is -2.39. The van der Waals surface area contributed by atoms with Gasteiger partial charge < -0.3 is 4.57 Å². The van der Waals surface area contributed by atoms with Crippen molar-refractivity contribution in [3.63, 3.8) is 0 Å². The van der Waals surface area contributed by atoms with Crippen LogP contribution in [0.2, 0.25) is 0 Å². The summed E-state index contributed by atoms with van der Waals surface area (Å²) in [5, 5.41) is 0. The first kappa shape index (κ1) is 10.4. The number of hydrogen-bond acceptors (Lipinski definition) is 3. The summed E-state index contributed by atoms with van der Waals surface area (Å²) in [6, 6.07) is 6.31. The number of fused-ring (bicyclic) bond motifs is 2. The molecule has 0 bridgehead atoms. The van der Waals surface area contributed by atoms with Gasteiger partial charge in [-0.3, -0.25) is 15.6 Å². The first-order valence-electron chi connectivity index (χ1n) is 6.20. The average Bonchev–Trinajstić information content (AvgIpc) is 3.04. The third-order valence-corrected chi connectivity index (χ3v) is 3.62. The summed E-state index contributed by atoms with van der Waals surface area (Å²) < 4.78 is 1.98. The molecule has 0 spiro atoms. The summed E-state index contributed by atoms with van der Waals surface area (Å²) >= 11 is 0. The van der Waals surface area contributed by atoms with Crippen molar-refractivity contribution in [2.24, 2.45) is 0 Å². The van der Waals surface area contributed by atoms with Gasteiger partial charge in [0, 0.05) is 23.6 Å². The van der Waals surface area contributed by atoms with Crippen LogP contribution >= 0.6 is 0 Å². The maximum atomic E-state index is 11.4. The Balaban J connectivity index is 1.75. The second kappa shape index (κ2) is 3.71. The number of nitrogens with zero attached hydrogens (tertiary/aromatic N) is 2. The molecular formula is C14H12N4O. The summed E-state index contributed by atoms with van der Waals surface area (Å²) in [5.74, 6) is 0.0291. The zero-order valence-electron chi connectivity index (χ0n) is 10.2. The van der Waals surface area contributed by atoms with Crippen LogP contribution in [-0.4, -0.2) is 15.5 Å². The molecule has 0 saturated carbocycles. The Morgan fingerprint density at radius 1 is 1.21 bits per heavy atom. The zero-order chi connectivity index (χ0) is 12.8. The molecule has 2 aliphatic rings. The third-order valence-electron chi connectivity index (χ3n) is 3.62. The largest absolute Gasteiger partial charge is 0.306 e. The number of hydrogen-bond donors (Lipinski definition) is 2. The van der Waals surface area contributed by atoms with E-state index in [1.165, 1.54) is 16.7 Å². The fourth-order valence-electron chi connectivity index (χ4n) is 2.73. The van der Waals surface area contributed by atoms with Gasteiger partial charge in [0.15, 0.2) is 0 Å². The van der Waals surface area contributed by atoms with Crippen molar-refractivity contribution in [2.75, 3.05) is 0 Å². The topological polar surface area (TPSA) is 59.0 Å². The van der Waals surface area contributed by atoms with Gasteiger partial charge in [0.2, 0.25) is 5.91 Å². The molecule has 19 heavy (non-hydrogen) atoms. The van der Waals surface area contributed by atoms with Crippen LogP contribution in [0, 0.1) is 0 Å². The summed E-state index contributed by atoms with van der Waals surface area (Å²) in [7, 11) is 0. The normalized spacial score (nSPS) is 16.7. The van der Waals surface area contributed by atoms with E-state index in [0.717, 1.165) is 17.8 Å². The molecule has 94 valence electrons. The summed E-state index contributed by atoms with van der Waals surface area (Å²) in [5.41, 5.74) is 11.4. The van der Waals surface area contributed by atoms with Crippen molar-refractivity contribution >= 4 is 11.6 Å². The van der Waals surface area contributed by atoms with Crippen molar-refractivity contribution in [1.82, 2.24) is 20.4 Å². The lowest BCUT2D eigenvalue weighted by atomic mass is 10.1. The van der Waals surface area contributed by atoms with Crippen LogP contribution in [0.15, 0.2) is 42.5 Å². The molecule has 0 radical (unpaired) electrons. The fraction of sp³-hybridized carbons (Fsp3) is 0.143. The van der Waals surface area contributed by atoms with Gasteiger partial charge >= 0.3 is 0 Å². The smallest absolute Gasteiger partial charge is 0.242 e. The number of rotatable bonds is 1. The van der Waals surface area contributed by atoms with E-state index in [4.69, 9.17) is 0 Å². The number of nitrogens with one attached hydrogen (secondary N) is 2. The van der Waals surface area contributed by atoms with Crippen LogP contribution in [-0.2, 0) is 11.2 Å². The molecule has 4 rings (SSSR count). The van der Waals surface area contributed by atoms with Crippen molar-refractivity contribution in [3.05, 3.63) is 53.6 Å². The van der Waals surface area contributed by atoms with Crippen molar-refractivity contribution in [3.8, 4) is 5.69 Å². The molecule has 2 heterocycles. The van der Waals surface area contributed by atoms with Crippen LogP contribution in [0.4, 0.5) is 0 Å². The zero-order valence-corrected chi connectivity index (χ0v) is 10.2. The predicted octanol–water partition coefficient (Wildman–Crippen LogP) is 1.16. The van der Waals surface area contributed by atoms with Gasteiger partial charge in [-0.25, -0.2) is 4.98 Å². The summed E-state index contributed by atoms with van der Waals surface area (Å²) in [4.78, 5) is 15.5. The fourth-order valence-corrected chi connectivity index (χ4v) is 2.73. The Labute approximate surface area is 109 Å². The molecular weight excluding hydrogens is 240 g/mol. The number of imidazole rings is 1. The van der Waals surface area contributed by atoms with E-state index >= 15 is 0 Å². The van der Waals surface area contributed by atoms with Gasteiger partial charge in [0.05, 0.1) is 18.4 Å². The minimum absolute atomic E-state index is 0.0291. The SMILES string of the molecule is O=C1CC2=C(NN1)c1ccc(-n3ccnc3)cc1C2. The molecule has 1 aromatic carbocycles. The maximum Gasteiger partial charge on any atom is 0.242 e. The van der Waals surface area contributed by atoms with Crippen LogP contribution in [0.5, 0.6) is 0 Å².